The smallest absolute Gasteiger partial charge is 0.344 e. The molecule has 0 saturated carbocycles. The van der Waals surface area contributed by atoms with Gasteiger partial charge in [0.05, 0.1) is 16.3 Å². The molecule has 8 heteroatoms. The Hall–Kier alpha value is -2.75. The van der Waals surface area contributed by atoms with Crippen LogP contribution in [-0.2, 0) is 14.3 Å². The van der Waals surface area contributed by atoms with Gasteiger partial charge >= 0.3 is 5.97 Å². The Kier molecular flexibility index (Phi) is 6.63. The first-order valence-corrected chi connectivity index (χ1v) is 7.77. The van der Waals surface area contributed by atoms with E-state index in [0.717, 1.165) is 0 Å². The molecule has 2 aromatic carbocycles. The van der Waals surface area contributed by atoms with Crippen LogP contribution in [0.2, 0.25) is 10.0 Å². The van der Waals surface area contributed by atoms with Crippen molar-refractivity contribution >= 4 is 40.8 Å². The van der Waals surface area contributed by atoms with E-state index in [0.29, 0.717) is 15.8 Å². The Morgan fingerprint density at radius 2 is 1.88 bits per heavy atom. The Morgan fingerprint density at radius 1 is 1.12 bits per heavy atom. The van der Waals surface area contributed by atoms with Gasteiger partial charge in [-0.25, -0.2) is 4.79 Å². The van der Waals surface area contributed by atoms with Gasteiger partial charge in [0.25, 0.3) is 5.91 Å². The van der Waals surface area contributed by atoms with Gasteiger partial charge < -0.3 is 14.8 Å². The first-order chi connectivity index (χ1) is 12.0. The van der Waals surface area contributed by atoms with Gasteiger partial charge in [-0.2, -0.15) is 5.26 Å². The number of anilines is 1. The molecule has 0 spiro atoms. The molecule has 0 atom stereocenters. The van der Waals surface area contributed by atoms with Gasteiger partial charge in [0.2, 0.25) is 0 Å². The van der Waals surface area contributed by atoms with Crippen molar-refractivity contribution < 1.29 is 19.1 Å². The maximum absolute atomic E-state index is 11.8. The van der Waals surface area contributed by atoms with Crippen molar-refractivity contribution in [2.45, 2.75) is 0 Å². The average Bonchev–Trinajstić information content (AvgIpc) is 2.59. The molecule has 1 N–H and O–H groups in total. The number of carbonyl (C=O) groups is 2. The predicted molar refractivity (Wildman–Crippen MR) is 92.7 cm³/mol. The Balaban J connectivity index is 1.82. The molecule has 0 heterocycles. The van der Waals surface area contributed by atoms with Gasteiger partial charge in [0.15, 0.2) is 13.2 Å². The molecule has 2 aromatic rings. The van der Waals surface area contributed by atoms with Crippen molar-refractivity contribution in [1.82, 2.24) is 0 Å². The lowest BCUT2D eigenvalue weighted by Gasteiger charge is -2.09. The molecule has 0 aliphatic rings. The van der Waals surface area contributed by atoms with Gasteiger partial charge in [-0.3, -0.25) is 4.79 Å². The van der Waals surface area contributed by atoms with E-state index in [-0.39, 0.29) is 11.3 Å². The van der Waals surface area contributed by atoms with Crippen LogP contribution in [0.3, 0.4) is 0 Å². The van der Waals surface area contributed by atoms with Gasteiger partial charge in [0, 0.05) is 5.02 Å². The zero-order valence-corrected chi connectivity index (χ0v) is 14.3. The molecular weight excluding hydrogens is 367 g/mol. The lowest BCUT2D eigenvalue weighted by atomic mass is 10.2. The number of nitrogens with one attached hydrogen (secondary N) is 1. The largest absolute Gasteiger partial charge is 0.480 e. The number of hydrogen-bond acceptors (Lipinski definition) is 5. The monoisotopic (exact) mass is 378 g/mol. The molecule has 1 amide bonds. The second-order valence-electron chi connectivity index (χ2n) is 4.73. The minimum atomic E-state index is -0.735. The highest BCUT2D eigenvalue weighted by Gasteiger charge is 2.12. The van der Waals surface area contributed by atoms with Crippen LogP contribution in [0.15, 0.2) is 42.5 Å². The van der Waals surface area contributed by atoms with E-state index in [1.54, 1.807) is 24.3 Å². The standard InChI is InChI=1S/C17H12Cl2N2O4/c18-12-6-5-11(8-20)14(7-12)21-16(22)9-25-17(23)10-24-15-4-2-1-3-13(15)19/h1-7H,9-10H2,(H,21,22). The van der Waals surface area contributed by atoms with Gasteiger partial charge in [-0.05, 0) is 30.3 Å². The van der Waals surface area contributed by atoms with Crippen LogP contribution in [-0.4, -0.2) is 25.1 Å². The number of rotatable bonds is 6. The van der Waals surface area contributed by atoms with E-state index in [2.05, 4.69) is 5.32 Å². The summed E-state index contributed by atoms with van der Waals surface area (Å²) in [5.41, 5.74) is 0.481. The Bertz CT molecular complexity index is 834. The van der Waals surface area contributed by atoms with Crippen molar-refractivity contribution in [3.05, 3.63) is 58.1 Å². The molecule has 0 aliphatic carbocycles. The number of para-hydroxylation sites is 1. The highest BCUT2D eigenvalue weighted by atomic mass is 35.5. The fourth-order valence-electron chi connectivity index (χ4n) is 1.79. The molecule has 0 aliphatic heterocycles. The zero-order valence-electron chi connectivity index (χ0n) is 12.8. The van der Waals surface area contributed by atoms with Crippen LogP contribution in [0.5, 0.6) is 5.75 Å². The molecule has 128 valence electrons. The molecule has 0 aromatic heterocycles. The van der Waals surface area contributed by atoms with Crippen molar-refractivity contribution in [2.24, 2.45) is 0 Å². The first-order valence-electron chi connectivity index (χ1n) is 7.02. The van der Waals surface area contributed by atoms with E-state index < -0.39 is 25.1 Å². The number of ether oxygens (including phenoxy) is 2. The third-order valence-electron chi connectivity index (χ3n) is 2.92. The average molecular weight is 379 g/mol. The molecule has 2 rings (SSSR count). The number of benzene rings is 2. The summed E-state index contributed by atoms with van der Waals surface area (Å²) in [7, 11) is 0. The number of carbonyl (C=O) groups excluding carboxylic acids is 2. The number of nitriles is 1. The SMILES string of the molecule is N#Cc1ccc(Cl)cc1NC(=O)COC(=O)COc1ccccc1Cl. The Morgan fingerprint density at radius 3 is 2.60 bits per heavy atom. The molecular formula is C17H12Cl2N2O4. The van der Waals surface area contributed by atoms with Crippen molar-refractivity contribution in [2.75, 3.05) is 18.5 Å². The van der Waals surface area contributed by atoms with Crippen LogP contribution >= 0.6 is 23.2 Å². The summed E-state index contributed by atoms with van der Waals surface area (Å²) in [5, 5.41) is 12.2. The zero-order chi connectivity index (χ0) is 18.2. The summed E-state index contributed by atoms with van der Waals surface area (Å²) in [6, 6.07) is 13.0. The van der Waals surface area contributed by atoms with Crippen molar-refractivity contribution in [3.8, 4) is 11.8 Å². The van der Waals surface area contributed by atoms with Crippen molar-refractivity contribution in [3.63, 3.8) is 0 Å². The van der Waals surface area contributed by atoms with Crippen LogP contribution in [0.1, 0.15) is 5.56 Å². The topological polar surface area (TPSA) is 88.4 Å². The third kappa shape index (κ3) is 5.68. The summed E-state index contributed by atoms with van der Waals surface area (Å²) in [6.07, 6.45) is 0. The van der Waals surface area contributed by atoms with Gasteiger partial charge in [-0.15, -0.1) is 0 Å². The molecule has 6 nitrogen and oxygen atoms in total. The van der Waals surface area contributed by atoms with E-state index in [1.807, 2.05) is 6.07 Å². The number of hydrogen-bond donors (Lipinski definition) is 1. The first kappa shape index (κ1) is 18.6. The molecule has 0 fully saturated rings. The van der Waals surface area contributed by atoms with Crippen molar-refractivity contribution in [1.29, 1.82) is 5.26 Å². The van der Waals surface area contributed by atoms with Gasteiger partial charge in [0.1, 0.15) is 11.8 Å². The van der Waals surface area contributed by atoms with Crippen LogP contribution < -0.4 is 10.1 Å². The normalized spacial score (nSPS) is 9.80. The number of nitrogens with zero attached hydrogens (tertiary/aromatic N) is 1. The molecule has 0 saturated heterocycles. The minimum Gasteiger partial charge on any atom is -0.480 e. The van der Waals surface area contributed by atoms with E-state index in [4.69, 9.17) is 37.9 Å². The number of esters is 1. The Labute approximate surface area is 153 Å². The van der Waals surface area contributed by atoms with Crippen LogP contribution in [0, 0.1) is 11.3 Å². The van der Waals surface area contributed by atoms with Crippen LogP contribution in [0.4, 0.5) is 5.69 Å². The number of halogens is 2. The molecule has 0 unspecified atom stereocenters. The minimum absolute atomic E-state index is 0.239. The highest BCUT2D eigenvalue weighted by molar-refractivity contribution is 6.32. The lowest BCUT2D eigenvalue weighted by molar-refractivity contribution is -0.149. The van der Waals surface area contributed by atoms with E-state index in [9.17, 15) is 9.59 Å². The molecule has 25 heavy (non-hydrogen) atoms. The maximum atomic E-state index is 11.8. The highest BCUT2D eigenvalue weighted by Crippen LogP contribution is 2.23. The maximum Gasteiger partial charge on any atom is 0.344 e. The lowest BCUT2D eigenvalue weighted by Crippen LogP contribution is -2.24. The predicted octanol–water partition coefficient (Wildman–Crippen LogP) is 3.43. The number of amides is 1. The fourth-order valence-corrected chi connectivity index (χ4v) is 2.15. The second kappa shape index (κ2) is 8.92. The summed E-state index contributed by atoms with van der Waals surface area (Å²) >= 11 is 11.7. The third-order valence-corrected chi connectivity index (χ3v) is 3.47. The second-order valence-corrected chi connectivity index (χ2v) is 5.57. The summed E-state index contributed by atoms with van der Waals surface area (Å²) in [6.45, 7) is -0.917. The molecule has 0 bridgehead atoms. The van der Waals surface area contributed by atoms with Gasteiger partial charge in [-0.1, -0.05) is 35.3 Å². The fraction of sp³-hybridized carbons (Fsp3) is 0.118. The summed E-state index contributed by atoms with van der Waals surface area (Å²) in [5.74, 6) is -1.00. The van der Waals surface area contributed by atoms with E-state index in [1.165, 1.54) is 18.2 Å². The summed E-state index contributed by atoms with van der Waals surface area (Å²) < 4.78 is 10.0. The molecule has 0 radical (unpaired) electrons. The summed E-state index contributed by atoms with van der Waals surface area (Å²) in [4.78, 5) is 23.4. The quantitative estimate of drug-likeness (QED) is 0.777. The van der Waals surface area contributed by atoms with Crippen LogP contribution in [0.25, 0.3) is 0 Å². The van der Waals surface area contributed by atoms with E-state index >= 15 is 0 Å².